The van der Waals surface area contributed by atoms with Crippen molar-refractivity contribution in [2.24, 2.45) is 11.8 Å². The quantitative estimate of drug-likeness (QED) is 0.745. The fraction of sp³-hybridized carbons (Fsp3) is 0.833. The first kappa shape index (κ1) is 15.2. The van der Waals surface area contributed by atoms with Crippen LogP contribution in [0.1, 0.15) is 19.8 Å². The molecule has 114 valence electrons. The number of amides is 1. The molecule has 7 nitrogen and oxygen atoms in total. The predicted octanol–water partition coefficient (Wildman–Crippen LogP) is -0.409. The summed E-state index contributed by atoms with van der Waals surface area (Å²) in [6.45, 7) is 3.13. The van der Waals surface area contributed by atoms with Gasteiger partial charge >= 0.3 is 5.97 Å². The number of hydrogen-bond donors (Lipinski definition) is 1. The summed E-state index contributed by atoms with van der Waals surface area (Å²) in [5, 5.41) is 8.82. The van der Waals surface area contributed by atoms with Crippen LogP contribution in [0.25, 0.3) is 0 Å². The van der Waals surface area contributed by atoms with Crippen molar-refractivity contribution < 1.29 is 23.1 Å². The molecule has 0 spiro atoms. The van der Waals surface area contributed by atoms with Gasteiger partial charge in [-0.25, -0.2) is 8.42 Å². The number of nitrogens with zero attached hydrogens (tertiary/aromatic N) is 2. The zero-order chi connectivity index (χ0) is 14.9. The van der Waals surface area contributed by atoms with Crippen molar-refractivity contribution in [1.82, 2.24) is 9.21 Å². The SMILES string of the molecule is CCCS(=O)(=O)N1CCN(C(=O)[C@@H]2C[C@@H]2C(=O)O)CC1. The summed E-state index contributed by atoms with van der Waals surface area (Å²) in [7, 11) is -3.21. The van der Waals surface area contributed by atoms with Crippen molar-refractivity contribution >= 4 is 21.9 Å². The van der Waals surface area contributed by atoms with Crippen LogP contribution < -0.4 is 0 Å². The fourth-order valence-electron chi connectivity index (χ4n) is 2.55. The van der Waals surface area contributed by atoms with E-state index in [0.717, 1.165) is 0 Å². The van der Waals surface area contributed by atoms with E-state index in [1.165, 1.54) is 4.31 Å². The average molecular weight is 304 g/mol. The third-order valence-electron chi connectivity index (χ3n) is 3.83. The van der Waals surface area contributed by atoms with E-state index in [1.54, 1.807) is 4.90 Å². The fourth-order valence-corrected chi connectivity index (χ4v) is 4.04. The lowest BCUT2D eigenvalue weighted by Crippen LogP contribution is -2.51. The predicted molar refractivity (Wildman–Crippen MR) is 71.5 cm³/mol. The number of sulfonamides is 1. The number of piperazine rings is 1. The Balaban J connectivity index is 1.86. The third-order valence-corrected chi connectivity index (χ3v) is 5.91. The molecule has 1 aliphatic heterocycles. The lowest BCUT2D eigenvalue weighted by molar-refractivity contribution is -0.142. The highest BCUT2D eigenvalue weighted by Gasteiger charge is 2.50. The van der Waals surface area contributed by atoms with Gasteiger partial charge < -0.3 is 10.0 Å². The maximum absolute atomic E-state index is 12.1. The normalized spacial score (nSPS) is 27.4. The first-order valence-electron chi connectivity index (χ1n) is 6.86. The molecule has 8 heteroatoms. The van der Waals surface area contributed by atoms with E-state index >= 15 is 0 Å². The van der Waals surface area contributed by atoms with Crippen molar-refractivity contribution in [2.75, 3.05) is 31.9 Å². The summed E-state index contributed by atoms with van der Waals surface area (Å²) in [6, 6.07) is 0. The Hall–Kier alpha value is -1.15. The maximum Gasteiger partial charge on any atom is 0.307 e. The van der Waals surface area contributed by atoms with Gasteiger partial charge in [0.2, 0.25) is 15.9 Å². The van der Waals surface area contributed by atoms with Crippen LogP contribution in [0.15, 0.2) is 0 Å². The summed E-state index contributed by atoms with van der Waals surface area (Å²) < 4.78 is 25.2. The van der Waals surface area contributed by atoms with E-state index in [0.29, 0.717) is 39.0 Å². The minimum absolute atomic E-state index is 0.130. The average Bonchev–Trinajstić information content (AvgIpc) is 3.18. The smallest absolute Gasteiger partial charge is 0.307 e. The van der Waals surface area contributed by atoms with Gasteiger partial charge in [0.15, 0.2) is 0 Å². The number of carbonyl (C=O) groups excluding carboxylic acids is 1. The standard InChI is InChI=1S/C12H20N2O5S/c1-2-7-20(18,19)14-5-3-13(4-6-14)11(15)9-8-10(9)12(16)17/h9-10H,2-8H2,1H3,(H,16,17)/t9-,10+/m1/s1. The molecule has 1 saturated heterocycles. The second kappa shape index (κ2) is 5.69. The minimum atomic E-state index is -3.21. The van der Waals surface area contributed by atoms with Crippen molar-refractivity contribution in [3.05, 3.63) is 0 Å². The van der Waals surface area contributed by atoms with Crippen LogP contribution in [0.2, 0.25) is 0 Å². The first-order valence-corrected chi connectivity index (χ1v) is 8.47. The molecule has 0 aromatic carbocycles. The highest BCUT2D eigenvalue weighted by atomic mass is 32.2. The molecule has 1 aliphatic carbocycles. The number of rotatable bonds is 5. The lowest BCUT2D eigenvalue weighted by Gasteiger charge is -2.34. The van der Waals surface area contributed by atoms with Crippen LogP contribution >= 0.6 is 0 Å². The molecule has 2 atom stereocenters. The molecule has 2 rings (SSSR count). The van der Waals surface area contributed by atoms with E-state index in [4.69, 9.17) is 5.11 Å². The molecule has 0 radical (unpaired) electrons. The summed E-state index contributed by atoms with van der Waals surface area (Å²) in [6.07, 6.45) is 0.979. The molecule has 0 aromatic rings. The van der Waals surface area contributed by atoms with Gasteiger partial charge in [0.1, 0.15) is 0 Å². The topological polar surface area (TPSA) is 95.0 Å². The summed E-state index contributed by atoms with van der Waals surface area (Å²) in [5.41, 5.74) is 0. The Kier molecular flexibility index (Phi) is 4.33. The van der Waals surface area contributed by atoms with Gasteiger partial charge in [-0.15, -0.1) is 0 Å². The van der Waals surface area contributed by atoms with E-state index in [-0.39, 0.29) is 11.7 Å². The van der Waals surface area contributed by atoms with Gasteiger partial charge in [-0.1, -0.05) is 6.92 Å². The zero-order valence-corrected chi connectivity index (χ0v) is 12.3. The minimum Gasteiger partial charge on any atom is -0.481 e. The van der Waals surface area contributed by atoms with Crippen molar-refractivity contribution in [3.63, 3.8) is 0 Å². The summed E-state index contributed by atoms with van der Waals surface area (Å²) in [4.78, 5) is 24.4. The van der Waals surface area contributed by atoms with Crippen molar-refractivity contribution in [3.8, 4) is 0 Å². The molecule has 1 N–H and O–H groups in total. The van der Waals surface area contributed by atoms with Gasteiger partial charge in [0, 0.05) is 26.2 Å². The molecular formula is C12H20N2O5S. The molecule has 1 saturated carbocycles. The first-order chi connectivity index (χ1) is 9.36. The van der Waals surface area contributed by atoms with E-state index in [9.17, 15) is 18.0 Å². The van der Waals surface area contributed by atoms with Gasteiger partial charge in [0.05, 0.1) is 17.6 Å². The Morgan fingerprint density at radius 3 is 2.20 bits per heavy atom. The Labute approximate surface area is 118 Å². The van der Waals surface area contributed by atoms with E-state index < -0.39 is 27.8 Å². The van der Waals surface area contributed by atoms with Crippen molar-refractivity contribution in [1.29, 1.82) is 0 Å². The third kappa shape index (κ3) is 3.12. The summed E-state index contributed by atoms with van der Waals surface area (Å²) in [5.74, 6) is -1.90. The molecular weight excluding hydrogens is 284 g/mol. The number of aliphatic carboxylic acids is 1. The highest BCUT2D eigenvalue weighted by Crippen LogP contribution is 2.40. The molecule has 2 fully saturated rings. The van der Waals surface area contributed by atoms with Gasteiger partial charge in [0.25, 0.3) is 0 Å². The van der Waals surface area contributed by atoms with E-state index in [1.807, 2.05) is 6.92 Å². The Morgan fingerprint density at radius 2 is 1.75 bits per heavy atom. The summed E-state index contributed by atoms with van der Waals surface area (Å²) >= 11 is 0. The molecule has 0 aromatic heterocycles. The Bertz CT molecular complexity index is 496. The van der Waals surface area contributed by atoms with Crippen LogP contribution in [0.5, 0.6) is 0 Å². The van der Waals surface area contributed by atoms with Crippen LogP contribution in [0.3, 0.4) is 0 Å². The lowest BCUT2D eigenvalue weighted by atomic mass is 10.2. The highest BCUT2D eigenvalue weighted by molar-refractivity contribution is 7.89. The Morgan fingerprint density at radius 1 is 1.15 bits per heavy atom. The zero-order valence-electron chi connectivity index (χ0n) is 11.5. The number of carbonyl (C=O) groups is 2. The second-order valence-electron chi connectivity index (χ2n) is 5.33. The number of carboxylic acid groups (broad SMARTS) is 1. The monoisotopic (exact) mass is 304 g/mol. The van der Waals surface area contributed by atoms with Crippen molar-refractivity contribution in [2.45, 2.75) is 19.8 Å². The molecule has 20 heavy (non-hydrogen) atoms. The van der Waals surface area contributed by atoms with E-state index in [2.05, 4.69) is 0 Å². The molecule has 0 unspecified atom stereocenters. The number of carboxylic acids is 1. The molecule has 2 aliphatic rings. The van der Waals surface area contributed by atoms with Crippen LogP contribution in [0.4, 0.5) is 0 Å². The van der Waals surface area contributed by atoms with Crippen LogP contribution in [0, 0.1) is 11.8 Å². The maximum atomic E-state index is 12.1. The van der Waals surface area contributed by atoms with Gasteiger partial charge in [-0.2, -0.15) is 4.31 Å². The van der Waals surface area contributed by atoms with Gasteiger partial charge in [-0.3, -0.25) is 9.59 Å². The second-order valence-corrected chi connectivity index (χ2v) is 7.42. The largest absolute Gasteiger partial charge is 0.481 e. The molecule has 0 bridgehead atoms. The molecule has 1 heterocycles. The van der Waals surface area contributed by atoms with Crippen LogP contribution in [-0.4, -0.2) is 66.5 Å². The van der Waals surface area contributed by atoms with Crippen LogP contribution in [-0.2, 0) is 19.6 Å². The van der Waals surface area contributed by atoms with Gasteiger partial charge in [-0.05, 0) is 12.8 Å². The number of hydrogen-bond acceptors (Lipinski definition) is 4. The molecule has 1 amide bonds.